The van der Waals surface area contributed by atoms with Gasteiger partial charge in [0.25, 0.3) is 0 Å². The molecule has 0 aliphatic heterocycles. The summed E-state index contributed by atoms with van der Waals surface area (Å²) in [5, 5.41) is 0. The van der Waals surface area contributed by atoms with Crippen LogP contribution < -0.4 is 0 Å². The van der Waals surface area contributed by atoms with E-state index in [1.54, 1.807) is 0 Å². The van der Waals surface area contributed by atoms with Crippen LogP contribution in [0.15, 0.2) is 16.1 Å². The molecule has 0 radical (unpaired) electrons. The van der Waals surface area contributed by atoms with Crippen molar-refractivity contribution in [2.24, 2.45) is 10.4 Å². The first kappa shape index (κ1) is 13.6. The summed E-state index contributed by atoms with van der Waals surface area (Å²) in [5.74, 6) is 0. The predicted octanol–water partition coefficient (Wildman–Crippen LogP) is 4.24. The van der Waals surface area contributed by atoms with Crippen molar-refractivity contribution in [3.8, 4) is 0 Å². The Morgan fingerprint density at radius 1 is 1.28 bits per heavy atom. The maximum absolute atomic E-state index is 14.3. The molecule has 0 amide bonds. The first-order chi connectivity index (χ1) is 8.20. The lowest BCUT2D eigenvalue weighted by molar-refractivity contribution is -0.0925. The minimum Gasteiger partial charge on any atom is -0.296 e. The number of halogens is 4. The quantitative estimate of drug-likeness (QED) is 0.533. The lowest BCUT2D eigenvalue weighted by atomic mass is 9.66. The number of allylic oxidation sites excluding steroid dienone is 2. The van der Waals surface area contributed by atoms with Crippen LogP contribution in [-0.4, -0.2) is 25.1 Å². The molecule has 0 bridgehead atoms. The second-order valence-corrected chi connectivity index (χ2v) is 5.72. The summed E-state index contributed by atoms with van der Waals surface area (Å²) in [4.78, 5) is 3.62. The van der Waals surface area contributed by atoms with E-state index in [1.807, 2.05) is 0 Å². The normalized spacial score (nSPS) is 26.1. The van der Waals surface area contributed by atoms with Gasteiger partial charge in [0.1, 0.15) is 5.67 Å². The molecule has 0 N–H and O–H groups in total. The standard InChI is InChI=1S/C13H17F4N/c1-9(13(15,16)17)10(6-18-2)5-12(14)7-11(8-12)3-4-11/h6H,3-5,7-8H2,1-2H3/b10-9+,18-6?. The molecule has 0 aromatic carbocycles. The summed E-state index contributed by atoms with van der Waals surface area (Å²) >= 11 is 0. The van der Waals surface area contributed by atoms with Gasteiger partial charge in [-0.1, -0.05) is 0 Å². The van der Waals surface area contributed by atoms with E-state index in [2.05, 4.69) is 4.99 Å². The average Bonchev–Trinajstić information content (AvgIpc) is 2.93. The predicted molar refractivity (Wildman–Crippen MR) is 62.5 cm³/mol. The van der Waals surface area contributed by atoms with Crippen molar-refractivity contribution < 1.29 is 17.6 Å². The van der Waals surface area contributed by atoms with E-state index in [0.29, 0.717) is 12.8 Å². The fourth-order valence-electron chi connectivity index (χ4n) is 2.90. The van der Waals surface area contributed by atoms with Crippen LogP contribution in [0.4, 0.5) is 17.6 Å². The van der Waals surface area contributed by atoms with Gasteiger partial charge in [-0.25, -0.2) is 4.39 Å². The van der Waals surface area contributed by atoms with Gasteiger partial charge in [0.15, 0.2) is 0 Å². The molecule has 1 nitrogen and oxygen atoms in total. The fraction of sp³-hybridized carbons (Fsp3) is 0.769. The first-order valence-corrected chi connectivity index (χ1v) is 6.08. The molecule has 5 heteroatoms. The van der Waals surface area contributed by atoms with Crippen LogP contribution in [0.25, 0.3) is 0 Å². The average molecular weight is 263 g/mol. The van der Waals surface area contributed by atoms with E-state index in [0.717, 1.165) is 26.0 Å². The Hall–Kier alpha value is -0.870. The summed E-state index contributed by atoms with van der Waals surface area (Å²) in [6.45, 7) is 0.992. The van der Waals surface area contributed by atoms with Crippen molar-refractivity contribution in [2.45, 2.75) is 50.9 Å². The van der Waals surface area contributed by atoms with Gasteiger partial charge in [-0.2, -0.15) is 13.2 Å². The van der Waals surface area contributed by atoms with Gasteiger partial charge < -0.3 is 0 Å². The third-order valence-electron chi connectivity index (χ3n) is 4.04. The van der Waals surface area contributed by atoms with Crippen LogP contribution in [0.3, 0.4) is 0 Å². The van der Waals surface area contributed by atoms with Crippen LogP contribution in [0.2, 0.25) is 0 Å². The van der Waals surface area contributed by atoms with E-state index in [9.17, 15) is 17.6 Å². The second-order valence-electron chi connectivity index (χ2n) is 5.72. The smallest absolute Gasteiger partial charge is 0.296 e. The monoisotopic (exact) mass is 263 g/mol. The largest absolute Gasteiger partial charge is 0.412 e. The lowest BCUT2D eigenvalue weighted by Crippen LogP contribution is -2.41. The summed E-state index contributed by atoms with van der Waals surface area (Å²) in [7, 11) is 1.40. The zero-order chi connectivity index (χ0) is 13.6. The van der Waals surface area contributed by atoms with E-state index in [-0.39, 0.29) is 17.4 Å². The first-order valence-electron chi connectivity index (χ1n) is 6.08. The van der Waals surface area contributed by atoms with Gasteiger partial charge in [0.05, 0.1) is 0 Å². The van der Waals surface area contributed by atoms with E-state index in [4.69, 9.17) is 0 Å². The topological polar surface area (TPSA) is 12.4 Å². The zero-order valence-electron chi connectivity index (χ0n) is 10.6. The second kappa shape index (κ2) is 4.07. The molecule has 0 aromatic rings. The summed E-state index contributed by atoms with van der Waals surface area (Å²) in [6.07, 6.45) is -0.568. The van der Waals surface area contributed by atoms with Crippen molar-refractivity contribution >= 4 is 6.21 Å². The molecule has 0 saturated heterocycles. The third kappa shape index (κ3) is 2.59. The Morgan fingerprint density at radius 3 is 2.22 bits per heavy atom. The Balaban J connectivity index is 2.12. The SMILES string of the molecule is CN=C/C(CC1(F)CC2(CC2)C1)=C(\C)C(F)(F)F. The minimum atomic E-state index is -4.41. The maximum Gasteiger partial charge on any atom is 0.412 e. The minimum absolute atomic E-state index is 0.0250. The van der Waals surface area contributed by atoms with E-state index < -0.39 is 17.4 Å². The fourth-order valence-corrected chi connectivity index (χ4v) is 2.90. The van der Waals surface area contributed by atoms with Crippen molar-refractivity contribution in [3.63, 3.8) is 0 Å². The number of hydrogen-bond donors (Lipinski definition) is 0. The molecule has 102 valence electrons. The molecule has 0 heterocycles. The summed E-state index contributed by atoms with van der Waals surface area (Å²) < 4.78 is 52.2. The van der Waals surface area contributed by atoms with Gasteiger partial charge in [-0.15, -0.1) is 0 Å². The maximum atomic E-state index is 14.3. The van der Waals surface area contributed by atoms with E-state index in [1.165, 1.54) is 7.05 Å². The third-order valence-corrected chi connectivity index (χ3v) is 4.04. The van der Waals surface area contributed by atoms with Crippen molar-refractivity contribution in [1.82, 2.24) is 0 Å². The highest BCUT2D eigenvalue weighted by atomic mass is 19.4. The molecule has 2 aliphatic rings. The molecule has 0 aromatic heterocycles. The Kier molecular flexibility index (Phi) is 3.06. The van der Waals surface area contributed by atoms with Crippen LogP contribution in [0.5, 0.6) is 0 Å². The lowest BCUT2D eigenvalue weighted by Gasteiger charge is -2.42. The van der Waals surface area contributed by atoms with Gasteiger partial charge >= 0.3 is 6.18 Å². The molecule has 2 aliphatic carbocycles. The Morgan fingerprint density at radius 2 is 1.83 bits per heavy atom. The highest BCUT2D eigenvalue weighted by molar-refractivity contribution is 5.80. The Labute approximate surface area is 104 Å². The molecule has 0 atom stereocenters. The molecular formula is C13H17F4N. The van der Waals surface area contributed by atoms with Crippen molar-refractivity contribution in [3.05, 3.63) is 11.1 Å². The zero-order valence-corrected chi connectivity index (χ0v) is 10.6. The van der Waals surface area contributed by atoms with Crippen LogP contribution >= 0.6 is 0 Å². The van der Waals surface area contributed by atoms with Crippen LogP contribution in [-0.2, 0) is 0 Å². The molecule has 0 unspecified atom stereocenters. The highest BCUT2D eigenvalue weighted by Crippen LogP contribution is 2.67. The molecule has 18 heavy (non-hydrogen) atoms. The number of rotatable bonds is 3. The number of alkyl halides is 4. The summed E-state index contributed by atoms with van der Waals surface area (Å²) in [6, 6.07) is 0. The van der Waals surface area contributed by atoms with Crippen molar-refractivity contribution in [2.75, 3.05) is 7.05 Å². The van der Waals surface area contributed by atoms with Gasteiger partial charge in [0.2, 0.25) is 0 Å². The Bertz CT molecular complexity index is 394. The highest BCUT2D eigenvalue weighted by Gasteiger charge is 2.61. The molecular weight excluding hydrogens is 246 g/mol. The van der Waals surface area contributed by atoms with Crippen molar-refractivity contribution in [1.29, 1.82) is 0 Å². The molecule has 2 rings (SSSR count). The van der Waals surface area contributed by atoms with Gasteiger partial charge in [0, 0.05) is 25.3 Å². The molecule has 2 fully saturated rings. The van der Waals surface area contributed by atoms with Gasteiger partial charge in [-0.3, -0.25) is 4.99 Å². The van der Waals surface area contributed by atoms with Crippen LogP contribution in [0, 0.1) is 5.41 Å². The number of nitrogens with zero attached hydrogens (tertiary/aromatic N) is 1. The molecule has 2 saturated carbocycles. The number of hydrogen-bond acceptors (Lipinski definition) is 1. The van der Waals surface area contributed by atoms with Crippen LogP contribution in [0.1, 0.15) is 39.0 Å². The van der Waals surface area contributed by atoms with E-state index >= 15 is 0 Å². The molecule has 1 spiro atoms. The number of aliphatic imine (C=N–C) groups is 1. The van der Waals surface area contributed by atoms with Gasteiger partial charge in [-0.05, 0) is 43.6 Å². The summed E-state index contributed by atoms with van der Waals surface area (Å²) in [5.41, 5.74) is -2.08.